The molecule has 0 spiro atoms. The van der Waals surface area contributed by atoms with Crippen LogP contribution in [0.15, 0.2) is 56.7 Å². The van der Waals surface area contributed by atoms with Gasteiger partial charge in [0, 0.05) is 0 Å². The molecule has 2 aromatic rings. The molecule has 0 atom stereocenters. The Morgan fingerprint density at radius 2 is 2.06 bits per heavy atom. The fourth-order valence-electron chi connectivity index (χ4n) is 2.90. The Labute approximate surface area is 198 Å². The van der Waals surface area contributed by atoms with Gasteiger partial charge in [-0.3, -0.25) is 10.2 Å². The van der Waals surface area contributed by atoms with Crippen LogP contribution in [0.3, 0.4) is 0 Å². The fraction of sp³-hybridized carbons (Fsp3) is 0.190. The smallest absolute Gasteiger partial charge is 0.379 e. The summed E-state index contributed by atoms with van der Waals surface area (Å²) in [5.74, 6) is -1.48. The number of fused-ring (bicyclic) bond motifs is 1. The van der Waals surface area contributed by atoms with Crippen molar-refractivity contribution >= 4 is 54.9 Å². The molecule has 4 rings (SSSR count). The first-order chi connectivity index (χ1) is 16.2. The first kappa shape index (κ1) is 23.4. The van der Waals surface area contributed by atoms with Gasteiger partial charge >= 0.3 is 5.97 Å². The lowest BCUT2D eigenvalue weighted by Crippen LogP contribution is -2.35. The van der Waals surface area contributed by atoms with Gasteiger partial charge in [-0.1, -0.05) is 13.0 Å². The number of nitrogens with one attached hydrogen (secondary N) is 1. The summed E-state index contributed by atoms with van der Waals surface area (Å²) < 4.78 is 40.0. The van der Waals surface area contributed by atoms with Gasteiger partial charge < -0.3 is 13.9 Å². The van der Waals surface area contributed by atoms with E-state index in [1.807, 2.05) is 0 Å². The van der Waals surface area contributed by atoms with E-state index < -0.39 is 21.7 Å². The van der Waals surface area contributed by atoms with Gasteiger partial charge in [0.05, 0.1) is 24.2 Å². The van der Waals surface area contributed by atoms with Crippen LogP contribution in [0.25, 0.3) is 6.08 Å². The molecule has 0 aliphatic carbocycles. The zero-order chi connectivity index (χ0) is 24.5. The highest BCUT2D eigenvalue weighted by molar-refractivity contribution is 8.42. The fourth-order valence-corrected chi connectivity index (χ4v) is 5.07. The Kier molecular flexibility index (Phi) is 6.39. The Balaban J connectivity index is 1.63. The highest BCUT2D eigenvalue weighted by Gasteiger charge is 2.39. The van der Waals surface area contributed by atoms with Crippen molar-refractivity contribution in [3.8, 4) is 11.5 Å². The number of hydrazone groups is 1. The van der Waals surface area contributed by atoms with Crippen LogP contribution in [0.5, 0.6) is 11.5 Å². The number of amides is 1. The second kappa shape index (κ2) is 9.27. The predicted octanol–water partition coefficient (Wildman–Crippen LogP) is 2.91. The lowest BCUT2D eigenvalue weighted by atomic mass is 10.1. The van der Waals surface area contributed by atoms with Crippen molar-refractivity contribution in [2.75, 3.05) is 12.4 Å². The van der Waals surface area contributed by atoms with Crippen LogP contribution in [-0.2, 0) is 14.6 Å². The molecule has 1 amide bonds. The van der Waals surface area contributed by atoms with Gasteiger partial charge in [-0.15, -0.1) is 5.10 Å². The Hall–Kier alpha value is -3.71. The van der Waals surface area contributed by atoms with E-state index in [0.717, 1.165) is 16.8 Å². The van der Waals surface area contributed by atoms with E-state index >= 15 is 0 Å². The SMILES string of the molecule is CCOc1cc(/C=C2\C(=N)N3N=C(S(=O)(=O)CC)SC3=NC2=O)ccc1OC(=O)c1ccco1. The number of carbonyl (C=O) groups excluding carboxylic acids is 2. The zero-order valence-corrected chi connectivity index (χ0v) is 19.6. The van der Waals surface area contributed by atoms with E-state index in [1.165, 1.54) is 37.5 Å². The number of furan rings is 1. The number of hydrogen-bond donors (Lipinski definition) is 1. The molecule has 0 radical (unpaired) electrons. The minimum absolute atomic E-state index is 0.00867. The molecule has 1 N–H and O–H groups in total. The van der Waals surface area contributed by atoms with Crippen molar-refractivity contribution in [2.24, 2.45) is 10.1 Å². The molecule has 1 aromatic heterocycles. The molecule has 3 heterocycles. The van der Waals surface area contributed by atoms with E-state index in [4.69, 9.17) is 19.3 Å². The summed E-state index contributed by atoms with van der Waals surface area (Å²) in [5.41, 5.74) is 0.372. The highest BCUT2D eigenvalue weighted by atomic mass is 32.3. The molecule has 0 saturated carbocycles. The lowest BCUT2D eigenvalue weighted by molar-refractivity contribution is -0.114. The standard InChI is InChI=1S/C21H18N4O7S2/c1-3-30-16-11-12(7-8-14(16)32-19(27)15-6-5-9-31-15)10-13-17(22)25-20(23-18(13)26)33-21(24-25)34(28,29)4-2/h5-11,22H,3-4H2,1-2H3/b13-10+,22-17?. The summed E-state index contributed by atoms with van der Waals surface area (Å²) in [4.78, 5) is 28.7. The zero-order valence-electron chi connectivity index (χ0n) is 18.0. The average Bonchev–Trinajstić information content (AvgIpc) is 3.49. The van der Waals surface area contributed by atoms with E-state index in [0.29, 0.717) is 5.56 Å². The highest BCUT2D eigenvalue weighted by Crippen LogP contribution is 2.33. The van der Waals surface area contributed by atoms with E-state index in [2.05, 4.69) is 10.1 Å². The molecular formula is C21H18N4O7S2. The molecule has 0 bridgehead atoms. The molecule has 0 fully saturated rings. The summed E-state index contributed by atoms with van der Waals surface area (Å²) in [5, 5.41) is 13.4. The molecule has 0 unspecified atom stereocenters. The summed E-state index contributed by atoms with van der Waals surface area (Å²) in [6.07, 6.45) is 2.75. The van der Waals surface area contributed by atoms with E-state index in [9.17, 15) is 18.0 Å². The van der Waals surface area contributed by atoms with Crippen LogP contribution >= 0.6 is 11.8 Å². The summed E-state index contributed by atoms with van der Waals surface area (Å²) >= 11 is 0.730. The van der Waals surface area contributed by atoms with Gasteiger partial charge in [0.2, 0.25) is 25.1 Å². The predicted molar refractivity (Wildman–Crippen MR) is 126 cm³/mol. The van der Waals surface area contributed by atoms with Crippen molar-refractivity contribution in [1.82, 2.24) is 5.01 Å². The Bertz CT molecular complexity index is 1380. The number of thioether (sulfide) groups is 1. The topological polar surface area (TPSA) is 152 Å². The number of rotatable bonds is 6. The van der Waals surface area contributed by atoms with Gasteiger partial charge in [-0.2, -0.15) is 10.0 Å². The summed E-state index contributed by atoms with van der Waals surface area (Å²) in [6.45, 7) is 3.51. The first-order valence-electron chi connectivity index (χ1n) is 9.99. The van der Waals surface area contributed by atoms with Crippen molar-refractivity contribution in [2.45, 2.75) is 13.8 Å². The van der Waals surface area contributed by atoms with Crippen LogP contribution in [0.2, 0.25) is 0 Å². The number of ether oxygens (including phenoxy) is 2. The molecule has 0 saturated heterocycles. The molecule has 13 heteroatoms. The minimum atomic E-state index is -3.62. The van der Waals surface area contributed by atoms with Gasteiger partial charge in [0.25, 0.3) is 5.91 Å². The largest absolute Gasteiger partial charge is 0.490 e. The third-order valence-electron chi connectivity index (χ3n) is 4.59. The van der Waals surface area contributed by atoms with Crippen molar-refractivity contribution in [3.63, 3.8) is 0 Å². The number of sulfone groups is 1. The molecular weight excluding hydrogens is 484 g/mol. The quantitative estimate of drug-likeness (QED) is 0.357. The van der Waals surface area contributed by atoms with Gasteiger partial charge in [-0.25, -0.2) is 13.2 Å². The van der Waals surface area contributed by atoms with Crippen LogP contribution < -0.4 is 9.47 Å². The second-order valence-electron chi connectivity index (χ2n) is 6.80. The van der Waals surface area contributed by atoms with Crippen LogP contribution in [-0.4, -0.2) is 53.0 Å². The monoisotopic (exact) mass is 502 g/mol. The van der Waals surface area contributed by atoms with Crippen LogP contribution in [0.1, 0.15) is 30.0 Å². The summed E-state index contributed by atoms with van der Waals surface area (Å²) in [6, 6.07) is 7.61. The van der Waals surface area contributed by atoms with Gasteiger partial charge in [0.1, 0.15) is 0 Å². The van der Waals surface area contributed by atoms with Crippen molar-refractivity contribution < 1.29 is 31.9 Å². The number of aliphatic imine (C=N–C) groups is 1. The number of nitrogens with zero attached hydrogens (tertiary/aromatic N) is 3. The number of benzene rings is 1. The molecule has 34 heavy (non-hydrogen) atoms. The van der Waals surface area contributed by atoms with Gasteiger partial charge in [-0.05, 0) is 54.6 Å². The van der Waals surface area contributed by atoms with E-state index in [-0.39, 0.29) is 50.6 Å². The van der Waals surface area contributed by atoms with Crippen molar-refractivity contribution in [1.29, 1.82) is 5.41 Å². The minimum Gasteiger partial charge on any atom is -0.490 e. The third-order valence-corrected chi connectivity index (χ3v) is 7.67. The van der Waals surface area contributed by atoms with Gasteiger partial charge in [0.15, 0.2) is 17.3 Å². The van der Waals surface area contributed by atoms with E-state index in [1.54, 1.807) is 19.1 Å². The number of amidine groups is 2. The third kappa shape index (κ3) is 4.52. The second-order valence-corrected chi connectivity index (χ2v) is 10.2. The first-order valence-corrected chi connectivity index (χ1v) is 12.5. The molecule has 176 valence electrons. The number of carbonyl (C=O) groups is 2. The Morgan fingerprint density at radius 1 is 1.26 bits per heavy atom. The van der Waals surface area contributed by atoms with Crippen LogP contribution in [0.4, 0.5) is 0 Å². The number of hydrogen-bond acceptors (Lipinski definition) is 10. The lowest BCUT2D eigenvalue weighted by Gasteiger charge is -2.20. The van der Waals surface area contributed by atoms with Crippen molar-refractivity contribution in [3.05, 3.63) is 53.5 Å². The summed E-state index contributed by atoms with van der Waals surface area (Å²) in [7, 11) is -3.62. The molecule has 2 aliphatic heterocycles. The number of esters is 1. The maximum Gasteiger partial charge on any atom is 0.379 e. The van der Waals surface area contributed by atoms with Crippen LogP contribution in [0, 0.1) is 5.41 Å². The molecule has 11 nitrogen and oxygen atoms in total. The average molecular weight is 503 g/mol. The molecule has 2 aliphatic rings. The molecule has 1 aromatic carbocycles. The maximum absolute atomic E-state index is 12.6. The normalized spacial score (nSPS) is 16.9. The maximum atomic E-state index is 12.6. The Morgan fingerprint density at radius 3 is 2.74 bits per heavy atom.